The molecular weight excluding hydrogens is 1210 g/mol. The highest BCUT2D eigenvalue weighted by Gasteiger charge is 2.80. The number of ether oxygens (including phenoxy) is 10. The highest BCUT2D eigenvalue weighted by Crippen LogP contribution is 2.70. The number of esters is 4. The van der Waals surface area contributed by atoms with E-state index in [1.54, 1.807) is 60.7 Å². The first-order valence-corrected chi connectivity index (χ1v) is 35.1. The van der Waals surface area contributed by atoms with Gasteiger partial charge >= 0.3 is 23.9 Å². The van der Waals surface area contributed by atoms with E-state index in [9.17, 15) is 49.2 Å². The van der Waals surface area contributed by atoms with Crippen molar-refractivity contribution >= 4 is 32.6 Å². The minimum absolute atomic E-state index is 0.0202. The molecule has 12 rings (SSSR count). The molecule has 4 bridgehead atoms. The standard InChI is InChI=1S/C35H46O9.C33H42O10.C4H10OSi/c1-8-22-17-24-34(18-40-24,44-20(4)36)28-30(43-31(38)21-13-11-10-12-14-21)35(39)16-15-23(37)19(3)26(32(35,5)6)27-29(33(22,28)7)42-25(9-2)41-27;1-7-23-40-25-24-17(2)20(35)13-14-33(38,30(24,4)5)28(42-29(37)19-11-9-8-10-12-19)26-31(6,27(25)41-23)21(36)15-22-32(26,16-39-22)43-18(3)34;1-3-6(5)4-2/h9-14,22-25,27-30,37,39H,2,8,15-18H2,1,3-7H3;7-12,20-23,25-28,35-36,38H,1,13-16H2,2-6H3;3-4H2,1-2H3/t22-,23-,24+,25?,27+,28-,29+,30-,33+,34-,35+;20-,21-,22+,23?,25+,26-,27+,28-,31+,32-,33+;/m00./s1. The van der Waals surface area contributed by atoms with Gasteiger partial charge in [0.15, 0.2) is 23.8 Å². The molecule has 93 heavy (non-hydrogen) atoms. The lowest BCUT2D eigenvalue weighted by atomic mass is 9.43. The van der Waals surface area contributed by atoms with Crippen LogP contribution in [0.2, 0.25) is 12.1 Å². The third-order valence-electron chi connectivity index (χ3n) is 23.8. The minimum atomic E-state index is -1.82. The molecule has 4 aliphatic heterocycles. The van der Waals surface area contributed by atoms with E-state index in [-0.39, 0.29) is 56.8 Å². The third-order valence-corrected chi connectivity index (χ3v) is 25.4. The molecule has 2 aromatic carbocycles. The van der Waals surface area contributed by atoms with Crippen molar-refractivity contribution in [2.45, 2.75) is 249 Å². The lowest BCUT2D eigenvalue weighted by Gasteiger charge is -2.69. The number of rotatable bonds is 11. The molecule has 20 nitrogen and oxygen atoms in total. The highest BCUT2D eigenvalue weighted by atomic mass is 28.3. The van der Waals surface area contributed by atoms with E-state index in [0.29, 0.717) is 28.7 Å². The van der Waals surface area contributed by atoms with Crippen LogP contribution < -0.4 is 0 Å². The van der Waals surface area contributed by atoms with Gasteiger partial charge in [-0.3, -0.25) is 9.59 Å². The maximum atomic E-state index is 14.0. The van der Waals surface area contributed by atoms with Crippen LogP contribution in [0, 0.1) is 39.4 Å². The molecule has 4 heterocycles. The van der Waals surface area contributed by atoms with Crippen LogP contribution in [0.4, 0.5) is 0 Å². The second-order valence-electron chi connectivity index (χ2n) is 28.9. The van der Waals surface area contributed by atoms with Crippen LogP contribution in [0.15, 0.2) is 108 Å². The molecule has 0 aromatic heterocycles. The fourth-order valence-electron chi connectivity index (χ4n) is 18.6. The predicted octanol–water partition coefficient (Wildman–Crippen LogP) is 8.79. The second kappa shape index (κ2) is 26.0. The van der Waals surface area contributed by atoms with Gasteiger partial charge in [-0.25, -0.2) is 9.59 Å². The second-order valence-corrected chi connectivity index (χ2v) is 31.4. The van der Waals surface area contributed by atoms with Gasteiger partial charge in [0.25, 0.3) is 8.68 Å². The molecule has 6 aliphatic carbocycles. The molecule has 21 heteroatoms. The van der Waals surface area contributed by atoms with Crippen molar-refractivity contribution in [1.82, 2.24) is 0 Å². The van der Waals surface area contributed by atoms with Gasteiger partial charge in [0, 0.05) is 41.9 Å². The summed E-state index contributed by atoms with van der Waals surface area (Å²) in [6.45, 7) is 31.8. The molecule has 4 saturated carbocycles. The Hall–Kier alpha value is -5.14. The van der Waals surface area contributed by atoms with Crippen LogP contribution >= 0.6 is 0 Å². The summed E-state index contributed by atoms with van der Waals surface area (Å²) >= 11 is 0. The Kier molecular flexibility index (Phi) is 19.8. The number of carbonyl (C=O) groups is 4. The zero-order valence-electron chi connectivity index (χ0n) is 56.2. The molecule has 8 fully saturated rings. The molecular formula is C72H98O20Si. The Labute approximate surface area is 548 Å². The molecule has 2 unspecified atom stereocenters. The monoisotopic (exact) mass is 1310 g/mol. The Morgan fingerprint density at radius 2 is 0.989 bits per heavy atom. The SMILES string of the molecule is C=CC1O[C@@H]2C3=C(C)[C@@H](O)CC[C@@](O)([C@@H](OC(=O)c4ccccc4)[C@@H]4[C@]5(OC(C)=O)CO[C@@H]5C[C@H](CC)[C@@]4(C)[C@@H]2O1)C3(C)C.C=CC1O[C@@H]2C3=C(C)[C@@H](O)CC[C@@](O)([C@@H](OC(=O)c4ccccc4)[C@@H]4[C@]5(OC(C)=O)CO[C@@H]5C[C@H](O)[C@@]4(C)[C@@H]2O1)C3(C)C.CC[Si](=O)CC. The van der Waals surface area contributed by atoms with Gasteiger partial charge in [-0.05, 0) is 123 Å². The average Bonchev–Trinajstić information content (AvgIpc) is 1.65. The zero-order chi connectivity index (χ0) is 67.9. The van der Waals surface area contributed by atoms with Gasteiger partial charge in [0.2, 0.25) is 0 Å². The number of aliphatic hydroxyl groups is 5. The van der Waals surface area contributed by atoms with Crippen LogP contribution in [-0.4, -0.2) is 173 Å². The Morgan fingerprint density at radius 3 is 1.33 bits per heavy atom. The molecule has 22 atom stereocenters. The summed E-state index contributed by atoms with van der Waals surface area (Å²) < 4.78 is 74.2. The molecule has 0 spiro atoms. The summed E-state index contributed by atoms with van der Waals surface area (Å²) in [4.78, 5) is 53.5. The van der Waals surface area contributed by atoms with Crippen molar-refractivity contribution in [3.8, 4) is 0 Å². The van der Waals surface area contributed by atoms with Crippen LogP contribution in [0.3, 0.4) is 0 Å². The molecule has 510 valence electrons. The molecule has 5 N–H and O–H groups in total. The van der Waals surface area contributed by atoms with Gasteiger partial charge in [-0.2, -0.15) is 0 Å². The normalized spacial score (nSPS) is 42.0. The summed E-state index contributed by atoms with van der Waals surface area (Å²) in [5.74, 6) is -4.10. The molecule has 0 amide bonds. The first-order chi connectivity index (χ1) is 43.8. The van der Waals surface area contributed by atoms with E-state index in [1.807, 2.05) is 68.4 Å². The largest absolute Gasteiger partial charge is 0.455 e. The van der Waals surface area contributed by atoms with Crippen molar-refractivity contribution in [2.24, 2.45) is 39.4 Å². The van der Waals surface area contributed by atoms with E-state index < -0.39 is 168 Å². The van der Waals surface area contributed by atoms with Crippen molar-refractivity contribution in [3.63, 3.8) is 0 Å². The van der Waals surface area contributed by atoms with E-state index in [2.05, 4.69) is 27.0 Å². The van der Waals surface area contributed by atoms with Crippen LogP contribution in [0.25, 0.3) is 0 Å². The maximum absolute atomic E-state index is 14.0. The summed E-state index contributed by atoms with van der Waals surface area (Å²) in [6.07, 6.45) is -5.91. The smallest absolute Gasteiger partial charge is 0.338 e. The van der Waals surface area contributed by atoms with E-state index in [4.69, 9.17) is 47.4 Å². The Bertz CT molecular complexity index is 3250. The third kappa shape index (κ3) is 11.1. The van der Waals surface area contributed by atoms with Crippen molar-refractivity contribution in [1.29, 1.82) is 0 Å². The molecule has 2 aromatic rings. The van der Waals surface area contributed by atoms with E-state index in [0.717, 1.165) is 24.1 Å². The van der Waals surface area contributed by atoms with Gasteiger partial charge in [-0.1, -0.05) is 118 Å². The van der Waals surface area contributed by atoms with Crippen LogP contribution in [0.1, 0.15) is 156 Å². The Balaban J connectivity index is 0.000000187. The molecule has 4 saturated heterocycles. The highest BCUT2D eigenvalue weighted by molar-refractivity contribution is 6.42. The first-order valence-electron chi connectivity index (χ1n) is 33.2. The maximum Gasteiger partial charge on any atom is 0.338 e. The van der Waals surface area contributed by atoms with Crippen molar-refractivity contribution in [3.05, 3.63) is 119 Å². The minimum Gasteiger partial charge on any atom is -0.455 e. The lowest BCUT2D eigenvalue weighted by Crippen LogP contribution is -2.81. The van der Waals surface area contributed by atoms with Gasteiger partial charge in [-0.15, -0.1) is 0 Å². The van der Waals surface area contributed by atoms with Gasteiger partial charge in [0.05, 0.1) is 66.7 Å². The lowest BCUT2D eigenvalue weighted by molar-refractivity contribution is -0.360. The fraction of sp³-hybridized carbons (Fsp3) is 0.667. The summed E-state index contributed by atoms with van der Waals surface area (Å²) in [7, 11) is -1.12. The van der Waals surface area contributed by atoms with Crippen LogP contribution in [-0.2, 0) is 61.4 Å². The summed E-state index contributed by atoms with van der Waals surface area (Å²) in [6, 6.07) is 18.9. The number of carbonyl (C=O) groups excluding carboxylic acids is 4. The number of fused-ring (bicyclic) bond motifs is 16. The number of hydrogen-bond donors (Lipinski definition) is 5. The quantitative estimate of drug-likeness (QED) is 0.0608. The molecule has 10 aliphatic rings. The topological polar surface area (TPSA) is 279 Å². The predicted molar refractivity (Wildman–Crippen MR) is 340 cm³/mol. The van der Waals surface area contributed by atoms with Gasteiger partial charge < -0.3 is 77.4 Å². The fourth-order valence-corrected chi connectivity index (χ4v) is 19.1. The Morgan fingerprint density at radius 1 is 0.602 bits per heavy atom. The number of benzene rings is 2. The van der Waals surface area contributed by atoms with Crippen LogP contribution in [0.5, 0.6) is 0 Å². The summed E-state index contributed by atoms with van der Waals surface area (Å²) in [5, 5.41) is 61.3. The number of hydrogen-bond acceptors (Lipinski definition) is 20. The molecule has 0 radical (unpaired) electrons. The van der Waals surface area contributed by atoms with E-state index >= 15 is 0 Å². The van der Waals surface area contributed by atoms with Crippen molar-refractivity contribution in [2.75, 3.05) is 13.2 Å². The summed E-state index contributed by atoms with van der Waals surface area (Å²) in [5.41, 5.74) is -7.12. The zero-order valence-corrected chi connectivity index (χ0v) is 57.2. The van der Waals surface area contributed by atoms with E-state index in [1.165, 1.54) is 19.9 Å². The van der Waals surface area contributed by atoms with Gasteiger partial charge in [0.1, 0.15) is 47.8 Å². The van der Waals surface area contributed by atoms with Crippen molar-refractivity contribution < 1.29 is 96.5 Å². The average molecular weight is 1310 g/mol. The number of aliphatic hydroxyl groups excluding tert-OH is 3. The first kappa shape index (κ1) is 70.7.